The third kappa shape index (κ3) is 28.7. The molecular formula is C46H72I4O4. The van der Waals surface area contributed by atoms with Crippen LogP contribution in [0.4, 0.5) is 0 Å². The number of hydrogen-bond acceptors (Lipinski definition) is 4. The maximum atomic E-state index is 6.31. The maximum absolute atomic E-state index is 6.31. The predicted molar refractivity (Wildman–Crippen MR) is 270 cm³/mol. The summed E-state index contributed by atoms with van der Waals surface area (Å²) < 4.78 is 30.3. The van der Waals surface area contributed by atoms with Gasteiger partial charge < -0.3 is 18.9 Å². The lowest BCUT2D eigenvalue weighted by molar-refractivity contribution is 0.289. The van der Waals surface area contributed by atoms with Crippen molar-refractivity contribution in [3.8, 4) is 23.0 Å². The minimum atomic E-state index is 0.743. The molecule has 2 aromatic carbocycles. The van der Waals surface area contributed by atoms with Crippen molar-refractivity contribution in [2.45, 2.75) is 154 Å². The summed E-state index contributed by atoms with van der Waals surface area (Å²) in [6.07, 6.45) is 34.8. The molecule has 0 atom stereocenters. The smallest absolute Gasteiger partial charge is 0.123 e. The van der Waals surface area contributed by atoms with Gasteiger partial charge in [0.15, 0.2) is 0 Å². The van der Waals surface area contributed by atoms with Crippen LogP contribution in [0.25, 0.3) is 12.2 Å². The Kier molecular flexibility index (Phi) is 35.1. The summed E-state index contributed by atoms with van der Waals surface area (Å²) in [7, 11) is 0. The number of benzene rings is 2. The molecule has 54 heavy (non-hydrogen) atoms. The molecule has 0 amide bonds. The van der Waals surface area contributed by atoms with Crippen molar-refractivity contribution in [2.24, 2.45) is 0 Å². The van der Waals surface area contributed by atoms with Gasteiger partial charge >= 0.3 is 0 Å². The molecule has 0 heterocycles. The highest BCUT2D eigenvalue weighted by molar-refractivity contribution is 14.1. The van der Waals surface area contributed by atoms with E-state index in [-0.39, 0.29) is 0 Å². The number of halogens is 4. The van der Waals surface area contributed by atoms with Gasteiger partial charge in [-0.15, -0.1) is 0 Å². The Morgan fingerprint density at radius 1 is 0.278 bits per heavy atom. The minimum Gasteiger partial charge on any atom is -0.493 e. The molecule has 2 aromatic rings. The van der Waals surface area contributed by atoms with Crippen LogP contribution in [0.15, 0.2) is 36.4 Å². The van der Waals surface area contributed by atoms with E-state index in [9.17, 15) is 0 Å². The normalized spacial score (nSPS) is 11.4. The van der Waals surface area contributed by atoms with Gasteiger partial charge in [0.2, 0.25) is 0 Å². The first kappa shape index (κ1) is 50.4. The Morgan fingerprint density at radius 2 is 0.481 bits per heavy atom. The van der Waals surface area contributed by atoms with Crippen LogP contribution >= 0.6 is 90.4 Å². The zero-order valence-corrected chi connectivity index (χ0v) is 42.0. The SMILES string of the molecule is ICCCCCCCCOc1cc(/C=C/c2cc(OCCCCCCCCI)cc(OCCCCCCCCI)c2)cc(OCCCCCCCCI)c1. The van der Waals surface area contributed by atoms with Gasteiger partial charge in [-0.3, -0.25) is 0 Å². The van der Waals surface area contributed by atoms with Gasteiger partial charge in [-0.2, -0.15) is 0 Å². The van der Waals surface area contributed by atoms with Gasteiger partial charge in [0.25, 0.3) is 0 Å². The molecule has 308 valence electrons. The van der Waals surface area contributed by atoms with E-state index in [2.05, 4.69) is 139 Å². The monoisotopic (exact) mass is 1200 g/mol. The quantitative estimate of drug-likeness (QED) is 0.0291. The lowest BCUT2D eigenvalue weighted by atomic mass is 10.1. The summed E-state index contributed by atoms with van der Waals surface area (Å²) in [6.45, 7) is 2.97. The fourth-order valence-corrected chi connectivity index (χ4v) is 8.44. The van der Waals surface area contributed by atoms with Crippen molar-refractivity contribution in [1.29, 1.82) is 0 Å². The van der Waals surface area contributed by atoms with Crippen molar-refractivity contribution in [3.63, 3.8) is 0 Å². The van der Waals surface area contributed by atoms with Crippen LogP contribution in [0.5, 0.6) is 23.0 Å². The minimum absolute atomic E-state index is 0.743. The van der Waals surface area contributed by atoms with Crippen LogP contribution in [-0.2, 0) is 0 Å². The maximum Gasteiger partial charge on any atom is 0.123 e. The van der Waals surface area contributed by atoms with Crippen LogP contribution in [0.3, 0.4) is 0 Å². The molecule has 0 saturated heterocycles. The molecule has 2 rings (SSSR count). The van der Waals surface area contributed by atoms with Crippen molar-refractivity contribution >= 4 is 103 Å². The molecule has 0 bridgehead atoms. The zero-order chi connectivity index (χ0) is 38.6. The molecule has 0 N–H and O–H groups in total. The number of unbranched alkanes of at least 4 members (excludes halogenated alkanes) is 20. The first-order valence-electron chi connectivity index (χ1n) is 21.4. The molecule has 4 nitrogen and oxygen atoms in total. The highest BCUT2D eigenvalue weighted by atomic mass is 127. The second kappa shape index (κ2) is 37.6. The summed E-state index contributed by atoms with van der Waals surface area (Å²) in [5, 5.41) is 0. The van der Waals surface area contributed by atoms with E-state index in [1.54, 1.807) is 0 Å². The topological polar surface area (TPSA) is 36.9 Å². The molecule has 0 radical (unpaired) electrons. The van der Waals surface area contributed by atoms with Crippen molar-refractivity contribution in [2.75, 3.05) is 44.1 Å². The number of ether oxygens (including phenoxy) is 4. The van der Waals surface area contributed by atoms with E-state index < -0.39 is 0 Å². The van der Waals surface area contributed by atoms with Gasteiger partial charge in [0, 0.05) is 12.1 Å². The molecule has 8 heteroatoms. The van der Waals surface area contributed by atoms with E-state index in [0.29, 0.717) is 0 Å². The van der Waals surface area contributed by atoms with Gasteiger partial charge in [-0.25, -0.2) is 0 Å². The summed E-state index contributed by atoms with van der Waals surface area (Å²) >= 11 is 9.91. The first-order chi connectivity index (χ1) is 26.7. The highest BCUT2D eigenvalue weighted by Crippen LogP contribution is 2.28. The summed E-state index contributed by atoms with van der Waals surface area (Å²) in [5.41, 5.74) is 2.16. The van der Waals surface area contributed by atoms with E-state index in [1.165, 1.54) is 146 Å². The second-order valence-corrected chi connectivity index (χ2v) is 18.8. The van der Waals surface area contributed by atoms with Gasteiger partial charge in [-0.05, 0) is 104 Å². The highest BCUT2D eigenvalue weighted by Gasteiger charge is 2.06. The lowest BCUT2D eigenvalue weighted by Gasteiger charge is -2.13. The average molecular weight is 1200 g/mol. The largest absolute Gasteiger partial charge is 0.493 e. The molecule has 0 spiro atoms. The number of rotatable bonds is 38. The molecule has 0 fully saturated rings. The van der Waals surface area contributed by atoms with Crippen LogP contribution < -0.4 is 18.9 Å². The lowest BCUT2D eigenvalue weighted by Crippen LogP contribution is -2.01. The molecule has 0 saturated carbocycles. The standard InChI is InChI=1S/C46H72I4O4/c47-27-17-9-1-5-13-21-31-51-43-35-41(36-44(39-43)52-32-22-14-6-2-10-18-28-48)25-26-42-37-45(53-33-23-15-7-3-11-19-29-49)40-46(38-42)54-34-24-16-8-4-12-20-30-50/h25-26,35-40H,1-24,27-34H2/b26-25+. The molecule has 0 aliphatic rings. The van der Waals surface area contributed by atoms with Gasteiger partial charge in [0.05, 0.1) is 26.4 Å². The molecule has 0 unspecified atom stereocenters. The van der Waals surface area contributed by atoms with Gasteiger partial charge in [-0.1, -0.05) is 205 Å². The first-order valence-corrected chi connectivity index (χ1v) is 27.5. The zero-order valence-electron chi connectivity index (χ0n) is 33.4. The third-order valence-corrected chi connectivity index (χ3v) is 12.5. The molecule has 0 aliphatic heterocycles. The summed E-state index contributed by atoms with van der Waals surface area (Å²) in [5.74, 6) is 3.56. The fraction of sp³-hybridized carbons (Fsp3) is 0.696. The fourth-order valence-electron chi connectivity index (χ4n) is 6.28. The van der Waals surface area contributed by atoms with E-state index >= 15 is 0 Å². The summed E-state index contributed by atoms with van der Waals surface area (Å²) in [4.78, 5) is 0. The van der Waals surface area contributed by atoms with Gasteiger partial charge in [0.1, 0.15) is 23.0 Å². The van der Waals surface area contributed by atoms with E-state index in [4.69, 9.17) is 18.9 Å². The Morgan fingerprint density at radius 3 is 0.704 bits per heavy atom. The number of alkyl halides is 4. The Labute approximate surface area is 386 Å². The van der Waals surface area contributed by atoms with E-state index in [1.807, 2.05) is 0 Å². The van der Waals surface area contributed by atoms with Crippen molar-refractivity contribution < 1.29 is 18.9 Å². The summed E-state index contributed by atoms with van der Waals surface area (Å²) in [6, 6.07) is 12.7. The average Bonchev–Trinajstić information content (AvgIpc) is 3.18. The van der Waals surface area contributed by atoms with Crippen LogP contribution in [0, 0.1) is 0 Å². The van der Waals surface area contributed by atoms with Crippen molar-refractivity contribution in [1.82, 2.24) is 0 Å². The number of hydrogen-bond donors (Lipinski definition) is 0. The Hall–Kier alpha value is 0.300. The molecular weight excluding hydrogens is 1120 g/mol. The second-order valence-electron chi connectivity index (χ2n) is 14.4. The Bertz CT molecular complexity index is 1010. The predicted octanol–water partition coefficient (Wildman–Crippen LogP) is 16.5. The van der Waals surface area contributed by atoms with Crippen LogP contribution in [-0.4, -0.2) is 44.1 Å². The van der Waals surface area contributed by atoms with Crippen molar-refractivity contribution in [3.05, 3.63) is 47.5 Å². The van der Waals surface area contributed by atoms with Crippen LogP contribution in [0.2, 0.25) is 0 Å². The molecule has 0 aliphatic carbocycles. The van der Waals surface area contributed by atoms with E-state index in [0.717, 1.165) is 86.2 Å². The Balaban J connectivity index is 2.08. The van der Waals surface area contributed by atoms with Crippen LogP contribution in [0.1, 0.15) is 165 Å². The third-order valence-electron chi connectivity index (χ3n) is 9.46. The molecule has 0 aromatic heterocycles.